The Kier molecular flexibility index (Phi) is 26.3. The number of hydrogen-bond acceptors (Lipinski definition) is 13. The van der Waals surface area contributed by atoms with Crippen LogP contribution in [0, 0.1) is 39.4 Å². The van der Waals surface area contributed by atoms with E-state index < -0.39 is 23.3 Å². The highest BCUT2D eigenvalue weighted by Gasteiger charge is 2.24. The van der Waals surface area contributed by atoms with E-state index in [9.17, 15) is 34.0 Å². The number of thiol groups is 1. The number of hydrogen-bond donors (Lipinski definition) is 6. The van der Waals surface area contributed by atoms with Gasteiger partial charge in [-0.1, -0.05) is 102 Å². The number of Topliss-reactive ketones (excluding diaryl/α,β-unsaturated/α-hetero) is 1. The summed E-state index contributed by atoms with van der Waals surface area (Å²) in [5.74, 6) is -2.53. The number of ketones is 1. The van der Waals surface area contributed by atoms with Crippen molar-refractivity contribution in [3.8, 4) is 18.2 Å². The number of carbonyl (C=O) groups excluding carboxylic acids is 2. The van der Waals surface area contributed by atoms with Gasteiger partial charge in [-0.15, -0.1) is 12.6 Å². The van der Waals surface area contributed by atoms with Crippen molar-refractivity contribution in [2.24, 2.45) is 11.1 Å². The van der Waals surface area contributed by atoms with Crippen LogP contribution in [-0.4, -0.2) is 66.6 Å². The third-order valence-corrected chi connectivity index (χ3v) is 7.97. The molecular formula is C36H49BrN6O9S3. The molecule has 0 spiro atoms. The summed E-state index contributed by atoms with van der Waals surface area (Å²) < 4.78 is 4.65. The molecule has 0 bridgehead atoms. The molecule has 0 aliphatic heterocycles. The summed E-state index contributed by atoms with van der Waals surface area (Å²) in [6.07, 6.45) is 0.0761. The predicted molar refractivity (Wildman–Crippen MR) is 221 cm³/mol. The number of nitrogens with zero attached hydrogens (tertiary/aromatic N) is 3. The van der Waals surface area contributed by atoms with Crippen LogP contribution in [-0.2, 0) is 34.7 Å². The van der Waals surface area contributed by atoms with E-state index in [1.165, 1.54) is 12.1 Å². The number of aromatic amines is 2. The number of halogens is 1. The summed E-state index contributed by atoms with van der Waals surface area (Å²) in [6, 6.07) is 8.74. The molecule has 0 saturated carbocycles. The van der Waals surface area contributed by atoms with Gasteiger partial charge in [0, 0.05) is 17.5 Å². The van der Waals surface area contributed by atoms with Crippen LogP contribution < -0.4 is 16.9 Å². The lowest BCUT2D eigenvalue weighted by Gasteiger charge is -2.21. The van der Waals surface area contributed by atoms with Crippen LogP contribution in [0.4, 0.5) is 0 Å². The van der Waals surface area contributed by atoms with E-state index >= 15 is 0 Å². The zero-order valence-corrected chi connectivity index (χ0v) is 36.6. The van der Waals surface area contributed by atoms with Crippen molar-refractivity contribution < 1.29 is 34.1 Å². The Morgan fingerprint density at radius 2 is 1.33 bits per heavy atom. The quantitative estimate of drug-likeness (QED) is 0.0459. The molecule has 55 heavy (non-hydrogen) atoms. The predicted octanol–water partition coefficient (Wildman–Crippen LogP) is 5.76. The summed E-state index contributed by atoms with van der Waals surface area (Å²) in [6.45, 7) is 19.0. The zero-order valence-electron chi connectivity index (χ0n) is 32.5. The Bertz CT molecular complexity index is 1890. The molecule has 0 fully saturated rings. The van der Waals surface area contributed by atoms with Gasteiger partial charge in [-0.25, -0.2) is 0 Å². The van der Waals surface area contributed by atoms with Gasteiger partial charge < -0.3 is 30.7 Å². The monoisotopic (exact) mass is 884 g/mol. The number of carboxylic acid groups (broad SMARTS) is 2. The second-order valence-corrected chi connectivity index (χ2v) is 16.4. The maximum absolute atomic E-state index is 11.5. The van der Waals surface area contributed by atoms with E-state index in [4.69, 9.17) is 26.5 Å². The number of aromatic nitrogens is 2. The molecule has 0 radical (unpaired) electrons. The molecule has 0 aromatic carbocycles. The molecule has 6 N–H and O–H groups in total. The number of ether oxygens (including phenoxy) is 1. The molecule has 0 atom stereocenters. The van der Waals surface area contributed by atoms with Crippen LogP contribution in [0.1, 0.15) is 104 Å². The molecule has 0 unspecified atom stereocenters. The van der Waals surface area contributed by atoms with Crippen LogP contribution in [0.25, 0.3) is 0 Å². The number of nitriles is 3. The number of aliphatic carboxylic acids is 2. The SMILES string of the molecule is CC(C)(C)c1cc(=O)[nH]c(S)c1C#N.CC(C)(C)c1cc(=O)[nH]c(SCC(=O)O)c1C#N.CCOC(=O)CC(=O)C(C)(C)C.N#CCC(N)=S.O=C(O)CBr. The number of esters is 1. The first-order chi connectivity index (χ1) is 25.0. The fraction of sp³-hybridized carbons (Fsp3) is 0.500. The highest BCUT2D eigenvalue weighted by Crippen LogP contribution is 2.29. The van der Waals surface area contributed by atoms with Crippen LogP contribution in [0.3, 0.4) is 0 Å². The van der Waals surface area contributed by atoms with Crippen LogP contribution in [0.2, 0.25) is 0 Å². The number of rotatable bonds is 8. The standard InChI is InChI=1S/C12H14N2O3S.C10H12N2OS.C9H16O3.C3H4N2S.C2H3BrO2/c1-12(2,3)8-4-9(15)14-11(7(8)5-13)18-6-10(16)17;1-10(2,3)7-4-8(13)12-9(14)6(7)5-11;1-5-12-8(11)6-7(10)9(2,3)4;4-2-1-3(5)6;3-1-2(4)5/h4H,6H2,1-3H3,(H,14,15)(H,16,17);4H,1-3H3,(H2,12,13,14);5-6H2,1-4H3;1H2,(H2,5,6);1H2,(H,4,5). The molecule has 2 aromatic heterocycles. The van der Waals surface area contributed by atoms with Gasteiger partial charge in [0.25, 0.3) is 0 Å². The summed E-state index contributed by atoms with van der Waals surface area (Å²) in [5.41, 5.74) is 5.48. The minimum Gasteiger partial charge on any atom is -0.481 e. The van der Waals surface area contributed by atoms with E-state index in [1.807, 2.05) is 47.6 Å². The summed E-state index contributed by atoms with van der Waals surface area (Å²) >= 11 is 12.1. The molecule has 0 saturated heterocycles. The Morgan fingerprint density at radius 3 is 1.64 bits per heavy atom. The topological polar surface area (TPSA) is 281 Å². The highest BCUT2D eigenvalue weighted by atomic mass is 79.9. The van der Waals surface area contributed by atoms with Crippen molar-refractivity contribution in [1.82, 2.24) is 9.97 Å². The van der Waals surface area contributed by atoms with Crippen LogP contribution in [0.15, 0.2) is 31.8 Å². The maximum atomic E-state index is 11.5. The van der Waals surface area contributed by atoms with Gasteiger partial charge in [-0.3, -0.25) is 28.8 Å². The number of thiocarbonyl (C=S) groups is 1. The smallest absolute Gasteiger partial charge is 0.314 e. The molecule has 15 nitrogen and oxygen atoms in total. The Morgan fingerprint density at radius 1 is 0.891 bits per heavy atom. The molecule has 0 aliphatic carbocycles. The minimum atomic E-state index is -0.995. The molecule has 302 valence electrons. The van der Waals surface area contributed by atoms with E-state index in [2.05, 4.69) is 61.6 Å². The summed E-state index contributed by atoms with van der Waals surface area (Å²) in [7, 11) is 0. The van der Waals surface area contributed by atoms with Gasteiger partial charge in [0.15, 0.2) is 0 Å². The number of pyridine rings is 2. The highest BCUT2D eigenvalue weighted by molar-refractivity contribution is 9.09. The van der Waals surface area contributed by atoms with Crippen molar-refractivity contribution in [1.29, 1.82) is 15.8 Å². The number of nitrogens with two attached hydrogens (primary N) is 1. The lowest BCUT2D eigenvalue weighted by molar-refractivity contribution is -0.147. The first-order valence-corrected chi connectivity index (χ1v) is 19.0. The molecule has 2 heterocycles. The second-order valence-electron chi connectivity index (χ2n) is 13.9. The van der Waals surface area contributed by atoms with Gasteiger partial charge in [0.2, 0.25) is 11.1 Å². The maximum Gasteiger partial charge on any atom is 0.314 e. The first kappa shape index (κ1) is 54.9. The fourth-order valence-electron chi connectivity index (χ4n) is 3.42. The van der Waals surface area contributed by atoms with Gasteiger partial charge in [-0.05, 0) is 28.9 Å². The van der Waals surface area contributed by atoms with Crippen molar-refractivity contribution in [3.05, 3.63) is 55.1 Å². The van der Waals surface area contributed by atoms with Crippen molar-refractivity contribution in [2.45, 2.75) is 103 Å². The van der Waals surface area contributed by atoms with Crippen molar-refractivity contribution in [2.75, 3.05) is 17.7 Å². The van der Waals surface area contributed by atoms with Crippen molar-refractivity contribution in [3.63, 3.8) is 0 Å². The van der Waals surface area contributed by atoms with Gasteiger partial charge in [-0.2, -0.15) is 15.8 Å². The fourth-order valence-corrected chi connectivity index (χ4v) is 4.50. The van der Waals surface area contributed by atoms with Gasteiger partial charge >= 0.3 is 17.9 Å². The normalized spacial score (nSPS) is 10.2. The lowest BCUT2D eigenvalue weighted by Crippen LogP contribution is -2.23. The average molecular weight is 886 g/mol. The molecule has 0 amide bonds. The largest absolute Gasteiger partial charge is 0.481 e. The number of alkyl halides is 1. The third kappa shape index (κ3) is 25.3. The molecule has 2 aromatic rings. The number of carboxylic acids is 2. The van der Waals surface area contributed by atoms with Gasteiger partial charge in [0.05, 0.1) is 51.0 Å². The van der Waals surface area contributed by atoms with E-state index in [0.717, 1.165) is 17.3 Å². The minimum absolute atomic E-state index is 0.0347. The number of H-pyrrole nitrogens is 2. The Hall–Kier alpha value is -4.48. The number of nitrogens with one attached hydrogen (secondary N) is 2. The zero-order chi connectivity index (χ0) is 43.9. The summed E-state index contributed by atoms with van der Waals surface area (Å²) in [5, 5.41) is 42.9. The first-order valence-electron chi connectivity index (χ1n) is 16.0. The molecule has 0 aliphatic rings. The van der Waals surface area contributed by atoms with Crippen molar-refractivity contribution >= 4 is 81.2 Å². The molecular weight excluding hydrogens is 837 g/mol. The summed E-state index contributed by atoms with van der Waals surface area (Å²) in [4.78, 5) is 70.0. The third-order valence-electron chi connectivity index (χ3n) is 6.03. The molecule has 2 rings (SSSR count). The van der Waals surface area contributed by atoms with Gasteiger partial charge in [0.1, 0.15) is 29.7 Å². The lowest BCUT2D eigenvalue weighted by atomic mass is 9.85. The van der Waals surface area contributed by atoms with Crippen LogP contribution in [0.5, 0.6) is 0 Å². The Labute approximate surface area is 344 Å². The number of carbonyl (C=O) groups is 4. The van der Waals surface area contributed by atoms with Crippen LogP contribution >= 0.6 is 52.5 Å². The average Bonchev–Trinajstić information content (AvgIpc) is 3.03. The van der Waals surface area contributed by atoms with E-state index in [-0.39, 0.29) is 56.6 Å². The number of thioether (sulfide) groups is 1. The van der Waals surface area contributed by atoms with E-state index in [0.29, 0.717) is 33.3 Å². The van der Waals surface area contributed by atoms with E-state index in [1.54, 1.807) is 33.8 Å². The second kappa shape index (κ2) is 26.3. The Balaban J connectivity index is -0.000000658. The molecule has 19 heteroatoms.